The van der Waals surface area contributed by atoms with Crippen LogP contribution in [0.3, 0.4) is 0 Å². The van der Waals surface area contributed by atoms with E-state index >= 15 is 0 Å². The Morgan fingerprint density at radius 3 is 2.67 bits per heavy atom. The van der Waals surface area contributed by atoms with E-state index in [1.54, 1.807) is 0 Å². The van der Waals surface area contributed by atoms with Crippen molar-refractivity contribution in [3.8, 4) is 0 Å². The van der Waals surface area contributed by atoms with Gasteiger partial charge in [0.1, 0.15) is 5.69 Å². The lowest BCUT2D eigenvalue weighted by Gasteiger charge is -2.08. The van der Waals surface area contributed by atoms with Gasteiger partial charge in [-0.05, 0) is 50.2 Å². The molecule has 1 aromatic carbocycles. The maximum Gasteiger partial charge on any atom is 0.272 e. The van der Waals surface area contributed by atoms with Crippen LogP contribution >= 0.6 is 0 Å². The molecule has 4 heteroatoms. The number of nitrogens with zero attached hydrogens (tertiary/aromatic N) is 2. The number of fused-ring (bicyclic) bond motifs is 1. The van der Waals surface area contributed by atoms with Gasteiger partial charge in [-0.15, -0.1) is 0 Å². The second-order valence-corrected chi connectivity index (χ2v) is 5.25. The second-order valence-electron chi connectivity index (χ2n) is 5.25. The zero-order chi connectivity index (χ0) is 15.0. The van der Waals surface area contributed by atoms with E-state index in [2.05, 4.69) is 29.1 Å². The van der Waals surface area contributed by atoms with Gasteiger partial charge in [-0.25, -0.2) is 0 Å². The van der Waals surface area contributed by atoms with E-state index in [4.69, 9.17) is 0 Å². The fraction of sp³-hybridized carbons (Fsp3) is 0.235. The molecule has 21 heavy (non-hydrogen) atoms. The standard InChI is InChI=1S/C17H19N3O/c1-4-20-10-9-13-11-14(6-8-15(13)20)18-17(21)16-7-5-12(2)19(16)3/h5-11H,4H2,1-3H3,(H,18,21). The minimum atomic E-state index is -0.0834. The number of aryl methyl sites for hydroxylation is 2. The van der Waals surface area contributed by atoms with Gasteiger partial charge in [-0.2, -0.15) is 0 Å². The molecule has 2 heterocycles. The molecule has 2 aromatic heterocycles. The first-order valence-corrected chi connectivity index (χ1v) is 7.12. The number of amides is 1. The first-order valence-electron chi connectivity index (χ1n) is 7.12. The predicted octanol–water partition coefficient (Wildman–Crippen LogP) is 3.56. The normalized spacial score (nSPS) is 11.0. The van der Waals surface area contributed by atoms with E-state index in [0.29, 0.717) is 5.69 Å². The van der Waals surface area contributed by atoms with Crippen molar-refractivity contribution in [3.63, 3.8) is 0 Å². The van der Waals surface area contributed by atoms with Gasteiger partial charge < -0.3 is 14.5 Å². The summed E-state index contributed by atoms with van der Waals surface area (Å²) in [6, 6.07) is 11.9. The quantitative estimate of drug-likeness (QED) is 0.783. The van der Waals surface area contributed by atoms with Crippen LogP contribution in [-0.2, 0) is 13.6 Å². The zero-order valence-corrected chi connectivity index (χ0v) is 12.6. The summed E-state index contributed by atoms with van der Waals surface area (Å²) in [5.41, 5.74) is 3.74. The smallest absolute Gasteiger partial charge is 0.272 e. The Hall–Kier alpha value is -2.49. The fourth-order valence-corrected chi connectivity index (χ4v) is 2.59. The Kier molecular flexibility index (Phi) is 3.29. The van der Waals surface area contributed by atoms with Gasteiger partial charge in [-0.1, -0.05) is 0 Å². The van der Waals surface area contributed by atoms with E-state index in [0.717, 1.165) is 23.3 Å². The lowest BCUT2D eigenvalue weighted by Crippen LogP contribution is -2.15. The number of benzene rings is 1. The molecule has 4 nitrogen and oxygen atoms in total. The molecule has 3 aromatic rings. The first-order chi connectivity index (χ1) is 10.1. The van der Waals surface area contributed by atoms with Crippen LogP contribution in [-0.4, -0.2) is 15.0 Å². The molecule has 0 spiro atoms. The summed E-state index contributed by atoms with van der Waals surface area (Å²) in [6.45, 7) is 5.04. The average Bonchev–Trinajstić information content (AvgIpc) is 3.03. The van der Waals surface area contributed by atoms with Crippen LogP contribution in [0.25, 0.3) is 10.9 Å². The molecule has 1 amide bonds. The van der Waals surface area contributed by atoms with Gasteiger partial charge >= 0.3 is 0 Å². The predicted molar refractivity (Wildman–Crippen MR) is 85.7 cm³/mol. The van der Waals surface area contributed by atoms with E-state index < -0.39 is 0 Å². The Bertz CT molecular complexity index is 811. The summed E-state index contributed by atoms with van der Waals surface area (Å²) in [5.74, 6) is -0.0834. The van der Waals surface area contributed by atoms with Gasteiger partial charge in [0.15, 0.2) is 0 Å². The minimum Gasteiger partial charge on any atom is -0.348 e. The summed E-state index contributed by atoms with van der Waals surface area (Å²) in [7, 11) is 1.90. The van der Waals surface area contributed by atoms with E-state index in [9.17, 15) is 4.79 Å². The summed E-state index contributed by atoms with van der Waals surface area (Å²) in [4.78, 5) is 12.3. The molecule has 0 radical (unpaired) electrons. The van der Waals surface area contributed by atoms with E-state index in [1.807, 2.05) is 48.9 Å². The van der Waals surface area contributed by atoms with Crippen molar-refractivity contribution in [1.29, 1.82) is 0 Å². The van der Waals surface area contributed by atoms with E-state index in [-0.39, 0.29) is 5.91 Å². The molecular formula is C17H19N3O. The maximum atomic E-state index is 12.3. The number of hydrogen-bond donors (Lipinski definition) is 1. The van der Waals surface area contributed by atoms with Crippen molar-refractivity contribution in [2.45, 2.75) is 20.4 Å². The van der Waals surface area contributed by atoms with Crippen molar-refractivity contribution in [1.82, 2.24) is 9.13 Å². The first kappa shape index (κ1) is 13.5. The van der Waals surface area contributed by atoms with Crippen LogP contribution in [0.1, 0.15) is 23.1 Å². The molecule has 0 bridgehead atoms. The van der Waals surface area contributed by atoms with Crippen molar-refractivity contribution >= 4 is 22.5 Å². The monoisotopic (exact) mass is 281 g/mol. The number of carbonyl (C=O) groups excluding carboxylic acids is 1. The molecule has 1 N–H and O–H groups in total. The molecule has 0 aliphatic rings. The Morgan fingerprint density at radius 1 is 1.19 bits per heavy atom. The molecule has 0 unspecified atom stereocenters. The average molecular weight is 281 g/mol. The summed E-state index contributed by atoms with van der Waals surface area (Å²) in [5, 5.41) is 4.10. The summed E-state index contributed by atoms with van der Waals surface area (Å²) >= 11 is 0. The third-order valence-corrected chi connectivity index (χ3v) is 3.98. The number of anilines is 1. The van der Waals surface area contributed by atoms with Crippen molar-refractivity contribution < 1.29 is 4.79 Å². The lowest BCUT2D eigenvalue weighted by atomic mass is 10.2. The highest BCUT2D eigenvalue weighted by Crippen LogP contribution is 2.21. The third kappa shape index (κ3) is 2.33. The van der Waals surface area contributed by atoms with Crippen molar-refractivity contribution in [2.75, 3.05) is 5.32 Å². The number of aromatic nitrogens is 2. The Labute approximate surface area is 124 Å². The molecule has 0 saturated carbocycles. The molecule has 0 fully saturated rings. The second kappa shape index (κ2) is 5.13. The van der Waals surface area contributed by atoms with Crippen LogP contribution in [0, 0.1) is 6.92 Å². The van der Waals surface area contributed by atoms with Crippen LogP contribution in [0.5, 0.6) is 0 Å². The zero-order valence-electron chi connectivity index (χ0n) is 12.6. The highest BCUT2D eigenvalue weighted by atomic mass is 16.1. The molecule has 0 saturated heterocycles. The molecule has 3 rings (SSSR count). The highest BCUT2D eigenvalue weighted by molar-refractivity contribution is 6.04. The van der Waals surface area contributed by atoms with E-state index in [1.165, 1.54) is 5.52 Å². The molecule has 108 valence electrons. The fourth-order valence-electron chi connectivity index (χ4n) is 2.59. The third-order valence-electron chi connectivity index (χ3n) is 3.98. The number of rotatable bonds is 3. The largest absolute Gasteiger partial charge is 0.348 e. The Morgan fingerprint density at radius 2 is 2.00 bits per heavy atom. The van der Waals surface area contributed by atoms with Gasteiger partial charge in [0.25, 0.3) is 5.91 Å². The lowest BCUT2D eigenvalue weighted by molar-refractivity contribution is 0.101. The SMILES string of the molecule is CCn1ccc2cc(NC(=O)c3ccc(C)n3C)ccc21. The minimum absolute atomic E-state index is 0.0834. The molecular weight excluding hydrogens is 262 g/mol. The van der Waals surface area contributed by atoms with Crippen LogP contribution < -0.4 is 5.32 Å². The van der Waals surface area contributed by atoms with Crippen molar-refractivity contribution in [3.05, 3.63) is 54.0 Å². The van der Waals surface area contributed by atoms with Gasteiger partial charge in [0.2, 0.25) is 0 Å². The van der Waals surface area contributed by atoms with Crippen LogP contribution in [0.4, 0.5) is 5.69 Å². The van der Waals surface area contributed by atoms with Gasteiger partial charge in [0, 0.05) is 42.1 Å². The Balaban J connectivity index is 1.88. The maximum absolute atomic E-state index is 12.3. The number of carbonyl (C=O) groups is 1. The highest BCUT2D eigenvalue weighted by Gasteiger charge is 2.11. The summed E-state index contributed by atoms with van der Waals surface area (Å²) in [6.07, 6.45) is 2.07. The molecule has 0 aliphatic heterocycles. The topological polar surface area (TPSA) is 39.0 Å². The molecule has 0 aliphatic carbocycles. The van der Waals surface area contributed by atoms with Gasteiger partial charge in [0.05, 0.1) is 0 Å². The summed E-state index contributed by atoms with van der Waals surface area (Å²) < 4.78 is 4.07. The number of hydrogen-bond acceptors (Lipinski definition) is 1. The molecule has 0 atom stereocenters. The number of nitrogens with one attached hydrogen (secondary N) is 1. The van der Waals surface area contributed by atoms with Gasteiger partial charge in [-0.3, -0.25) is 4.79 Å². The van der Waals surface area contributed by atoms with Crippen LogP contribution in [0.2, 0.25) is 0 Å². The van der Waals surface area contributed by atoms with Crippen LogP contribution in [0.15, 0.2) is 42.6 Å². The van der Waals surface area contributed by atoms with Crippen molar-refractivity contribution in [2.24, 2.45) is 7.05 Å².